The lowest BCUT2D eigenvalue weighted by molar-refractivity contribution is -0.146. The molecule has 1 atom stereocenters. The van der Waals surface area contributed by atoms with Gasteiger partial charge in [0.05, 0.1) is 10.3 Å². The SMILES string of the molecule is O=C(c1cccs1)N1CC[C@@]2(CCCN(Cc3ccccc3F)C2=O)C1. The summed E-state index contributed by atoms with van der Waals surface area (Å²) in [6.45, 7) is 2.02. The molecule has 26 heavy (non-hydrogen) atoms. The van der Waals surface area contributed by atoms with Crippen molar-refractivity contribution in [1.82, 2.24) is 9.80 Å². The van der Waals surface area contributed by atoms with Gasteiger partial charge in [-0.15, -0.1) is 11.3 Å². The summed E-state index contributed by atoms with van der Waals surface area (Å²) >= 11 is 1.43. The number of hydrogen-bond donors (Lipinski definition) is 0. The fourth-order valence-electron chi connectivity index (χ4n) is 4.12. The number of rotatable bonds is 3. The van der Waals surface area contributed by atoms with E-state index >= 15 is 0 Å². The Balaban J connectivity index is 1.49. The van der Waals surface area contributed by atoms with E-state index in [-0.39, 0.29) is 17.6 Å². The number of benzene rings is 1. The van der Waals surface area contributed by atoms with Crippen molar-refractivity contribution in [3.8, 4) is 0 Å². The number of carbonyl (C=O) groups is 2. The van der Waals surface area contributed by atoms with E-state index in [9.17, 15) is 14.0 Å². The summed E-state index contributed by atoms with van der Waals surface area (Å²) in [5.74, 6) is -0.203. The Morgan fingerprint density at radius 3 is 2.77 bits per heavy atom. The van der Waals surface area contributed by atoms with Gasteiger partial charge in [0.15, 0.2) is 0 Å². The van der Waals surface area contributed by atoms with Gasteiger partial charge in [-0.25, -0.2) is 4.39 Å². The molecule has 0 saturated carbocycles. The van der Waals surface area contributed by atoms with Crippen molar-refractivity contribution in [2.75, 3.05) is 19.6 Å². The van der Waals surface area contributed by atoms with Gasteiger partial charge in [-0.05, 0) is 36.8 Å². The van der Waals surface area contributed by atoms with Crippen LogP contribution >= 0.6 is 11.3 Å². The largest absolute Gasteiger partial charge is 0.338 e. The van der Waals surface area contributed by atoms with E-state index in [0.29, 0.717) is 43.0 Å². The maximum Gasteiger partial charge on any atom is 0.263 e. The van der Waals surface area contributed by atoms with Gasteiger partial charge in [-0.1, -0.05) is 24.3 Å². The van der Waals surface area contributed by atoms with Crippen molar-refractivity contribution in [2.45, 2.75) is 25.8 Å². The lowest BCUT2D eigenvalue weighted by Crippen LogP contribution is -2.50. The minimum Gasteiger partial charge on any atom is -0.338 e. The van der Waals surface area contributed by atoms with Crippen LogP contribution in [0.15, 0.2) is 41.8 Å². The third-order valence-electron chi connectivity index (χ3n) is 5.52. The van der Waals surface area contributed by atoms with E-state index in [2.05, 4.69) is 0 Å². The lowest BCUT2D eigenvalue weighted by atomic mass is 9.78. The molecule has 1 aromatic heterocycles. The summed E-state index contributed by atoms with van der Waals surface area (Å²) in [5, 5.41) is 1.89. The van der Waals surface area contributed by atoms with Crippen molar-refractivity contribution >= 4 is 23.2 Å². The molecule has 0 aliphatic carbocycles. The van der Waals surface area contributed by atoms with Gasteiger partial charge in [0.25, 0.3) is 5.91 Å². The predicted molar refractivity (Wildman–Crippen MR) is 98.3 cm³/mol. The Morgan fingerprint density at radius 1 is 1.15 bits per heavy atom. The minimum absolute atomic E-state index is 0.0101. The molecule has 0 N–H and O–H groups in total. The molecule has 3 heterocycles. The van der Waals surface area contributed by atoms with Crippen LogP contribution in [-0.2, 0) is 11.3 Å². The average Bonchev–Trinajstić information content (AvgIpc) is 3.31. The first-order chi connectivity index (χ1) is 12.6. The summed E-state index contributed by atoms with van der Waals surface area (Å²) in [6, 6.07) is 10.3. The second kappa shape index (κ2) is 6.83. The zero-order valence-corrected chi connectivity index (χ0v) is 15.3. The van der Waals surface area contributed by atoms with Crippen molar-refractivity contribution in [2.24, 2.45) is 5.41 Å². The first-order valence-electron chi connectivity index (χ1n) is 8.95. The Kier molecular flexibility index (Phi) is 4.53. The van der Waals surface area contributed by atoms with Crippen LogP contribution in [0.4, 0.5) is 4.39 Å². The van der Waals surface area contributed by atoms with E-state index in [0.717, 1.165) is 12.8 Å². The fourth-order valence-corrected chi connectivity index (χ4v) is 4.81. The molecule has 2 saturated heterocycles. The molecular weight excluding hydrogens is 351 g/mol. The third kappa shape index (κ3) is 3.03. The van der Waals surface area contributed by atoms with E-state index < -0.39 is 5.41 Å². The Bertz CT molecular complexity index is 823. The molecule has 1 spiro atoms. The number of halogens is 1. The molecule has 0 unspecified atom stereocenters. The number of amides is 2. The fraction of sp³-hybridized carbons (Fsp3) is 0.400. The third-order valence-corrected chi connectivity index (χ3v) is 6.37. The Hall–Kier alpha value is -2.21. The number of carbonyl (C=O) groups excluding carboxylic acids is 2. The first-order valence-corrected chi connectivity index (χ1v) is 9.83. The van der Waals surface area contributed by atoms with E-state index in [1.165, 1.54) is 17.4 Å². The smallest absolute Gasteiger partial charge is 0.263 e. The van der Waals surface area contributed by atoms with Gasteiger partial charge in [0, 0.05) is 31.7 Å². The highest BCUT2D eigenvalue weighted by atomic mass is 32.1. The van der Waals surface area contributed by atoms with E-state index in [1.807, 2.05) is 17.5 Å². The topological polar surface area (TPSA) is 40.6 Å². The lowest BCUT2D eigenvalue weighted by Gasteiger charge is -2.39. The minimum atomic E-state index is -0.504. The summed E-state index contributed by atoms with van der Waals surface area (Å²) in [5.41, 5.74) is 0.0404. The number of piperidine rings is 1. The Morgan fingerprint density at radius 2 is 2.00 bits per heavy atom. The highest BCUT2D eigenvalue weighted by molar-refractivity contribution is 7.12. The second-order valence-electron chi connectivity index (χ2n) is 7.16. The molecule has 2 aliphatic heterocycles. The zero-order chi connectivity index (χ0) is 18.1. The highest BCUT2D eigenvalue weighted by Crippen LogP contribution is 2.41. The molecular formula is C20H21FN2O2S. The number of nitrogens with zero attached hydrogens (tertiary/aromatic N) is 2. The number of thiophene rings is 1. The monoisotopic (exact) mass is 372 g/mol. The zero-order valence-electron chi connectivity index (χ0n) is 14.5. The van der Waals surface area contributed by atoms with Crippen molar-refractivity contribution in [3.05, 3.63) is 58.0 Å². The predicted octanol–water partition coefficient (Wildman–Crippen LogP) is 3.54. The number of hydrogen-bond acceptors (Lipinski definition) is 3. The standard InChI is InChI=1S/C20H21FN2O2S/c21-16-6-2-1-5-15(16)13-22-10-4-8-20(19(22)25)9-11-23(14-20)18(24)17-7-3-12-26-17/h1-3,5-7,12H,4,8-11,13-14H2/t20-/m0/s1. The summed E-state index contributed by atoms with van der Waals surface area (Å²) in [6.07, 6.45) is 2.38. The average molecular weight is 372 g/mol. The molecule has 0 bridgehead atoms. The molecule has 0 radical (unpaired) electrons. The van der Waals surface area contributed by atoms with Gasteiger partial charge < -0.3 is 9.80 Å². The van der Waals surface area contributed by atoms with Crippen molar-refractivity contribution < 1.29 is 14.0 Å². The Labute approximate surface area is 156 Å². The van der Waals surface area contributed by atoms with Crippen LogP contribution in [0.2, 0.25) is 0 Å². The molecule has 2 amide bonds. The molecule has 4 nitrogen and oxygen atoms in total. The molecule has 136 valence electrons. The van der Waals surface area contributed by atoms with Crippen LogP contribution in [0, 0.1) is 11.2 Å². The maximum absolute atomic E-state index is 14.0. The first kappa shape index (κ1) is 17.2. The van der Waals surface area contributed by atoms with Gasteiger partial charge in [0.1, 0.15) is 5.82 Å². The van der Waals surface area contributed by atoms with E-state index in [1.54, 1.807) is 28.0 Å². The van der Waals surface area contributed by atoms with Crippen LogP contribution in [0.25, 0.3) is 0 Å². The molecule has 6 heteroatoms. The normalized spacial score (nSPS) is 23.0. The van der Waals surface area contributed by atoms with Crippen LogP contribution < -0.4 is 0 Å². The quantitative estimate of drug-likeness (QED) is 0.827. The van der Waals surface area contributed by atoms with Gasteiger partial charge in [-0.2, -0.15) is 0 Å². The van der Waals surface area contributed by atoms with Gasteiger partial charge >= 0.3 is 0 Å². The van der Waals surface area contributed by atoms with Crippen molar-refractivity contribution in [1.29, 1.82) is 0 Å². The molecule has 4 rings (SSSR count). The van der Waals surface area contributed by atoms with Crippen LogP contribution in [0.5, 0.6) is 0 Å². The molecule has 1 aromatic carbocycles. The van der Waals surface area contributed by atoms with Gasteiger partial charge in [-0.3, -0.25) is 9.59 Å². The molecule has 2 fully saturated rings. The number of likely N-dealkylation sites (tertiary alicyclic amines) is 2. The highest BCUT2D eigenvalue weighted by Gasteiger charge is 2.49. The summed E-state index contributed by atoms with van der Waals surface area (Å²) in [4.78, 5) is 30.1. The molecule has 2 aromatic rings. The second-order valence-corrected chi connectivity index (χ2v) is 8.10. The van der Waals surface area contributed by atoms with Crippen LogP contribution in [0.3, 0.4) is 0 Å². The maximum atomic E-state index is 14.0. The van der Waals surface area contributed by atoms with Gasteiger partial charge in [0.2, 0.25) is 5.91 Å². The molecule has 2 aliphatic rings. The van der Waals surface area contributed by atoms with E-state index in [4.69, 9.17) is 0 Å². The van der Waals surface area contributed by atoms with Crippen LogP contribution in [0.1, 0.15) is 34.5 Å². The summed E-state index contributed by atoms with van der Waals surface area (Å²) in [7, 11) is 0. The van der Waals surface area contributed by atoms with Crippen molar-refractivity contribution in [3.63, 3.8) is 0 Å². The summed E-state index contributed by atoms with van der Waals surface area (Å²) < 4.78 is 14.0. The van der Waals surface area contributed by atoms with Crippen LogP contribution in [-0.4, -0.2) is 41.2 Å².